The maximum atomic E-state index is 5.38. The first-order chi connectivity index (χ1) is 14.2. The minimum atomic E-state index is 0.471. The topological polar surface area (TPSA) is 81.2 Å². The predicted molar refractivity (Wildman–Crippen MR) is 115 cm³/mol. The Morgan fingerprint density at radius 2 is 1.66 bits per heavy atom. The summed E-state index contributed by atoms with van der Waals surface area (Å²) in [5.74, 6) is 2.45. The number of hydrogen-bond acceptors (Lipinski definition) is 7. The van der Waals surface area contributed by atoms with Crippen LogP contribution in [0.15, 0.2) is 60.9 Å². The third kappa shape index (κ3) is 4.03. The van der Waals surface area contributed by atoms with Crippen LogP contribution in [0.1, 0.15) is 5.56 Å². The summed E-state index contributed by atoms with van der Waals surface area (Å²) >= 11 is 0. The molecule has 2 heterocycles. The number of rotatable bonds is 6. The Kier molecular flexibility index (Phi) is 5.11. The number of nitrogens with zero attached hydrogens (tertiary/aromatic N) is 3. The predicted octanol–water partition coefficient (Wildman–Crippen LogP) is 4.84. The number of aryl methyl sites for hydroxylation is 1. The molecule has 2 aromatic carbocycles. The molecule has 0 aliphatic carbocycles. The van der Waals surface area contributed by atoms with Crippen molar-refractivity contribution in [1.29, 1.82) is 0 Å². The van der Waals surface area contributed by atoms with Crippen molar-refractivity contribution in [2.75, 3.05) is 24.9 Å². The lowest BCUT2D eigenvalue weighted by Crippen LogP contribution is -2.02. The second-order valence-corrected chi connectivity index (χ2v) is 6.45. The molecule has 4 aromatic rings. The van der Waals surface area contributed by atoms with Crippen LogP contribution in [0.4, 0.5) is 23.1 Å². The van der Waals surface area contributed by atoms with Crippen molar-refractivity contribution in [2.24, 2.45) is 0 Å². The Morgan fingerprint density at radius 1 is 0.862 bits per heavy atom. The average molecular weight is 387 g/mol. The highest BCUT2D eigenvalue weighted by molar-refractivity contribution is 5.82. The number of fused-ring (bicyclic) bond motifs is 1. The molecule has 7 heteroatoms. The summed E-state index contributed by atoms with van der Waals surface area (Å²) < 4.78 is 10.7. The third-order valence-corrected chi connectivity index (χ3v) is 4.50. The maximum Gasteiger partial charge on any atom is 0.229 e. The Morgan fingerprint density at radius 3 is 2.48 bits per heavy atom. The number of para-hydroxylation sites is 1. The summed E-state index contributed by atoms with van der Waals surface area (Å²) in [4.78, 5) is 13.3. The monoisotopic (exact) mass is 387 g/mol. The van der Waals surface area contributed by atoms with Crippen molar-refractivity contribution in [1.82, 2.24) is 15.0 Å². The van der Waals surface area contributed by atoms with E-state index in [9.17, 15) is 0 Å². The van der Waals surface area contributed by atoms with Crippen molar-refractivity contribution in [3.63, 3.8) is 0 Å². The number of methoxy groups -OCH3 is 2. The van der Waals surface area contributed by atoms with Gasteiger partial charge in [0.15, 0.2) is 11.5 Å². The fourth-order valence-electron chi connectivity index (χ4n) is 3.01. The van der Waals surface area contributed by atoms with Crippen LogP contribution in [-0.2, 0) is 0 Å². The van der Waals surface area contributed by atoms with Gasteiger partial charge < -0.3 is 20.1 Å². The molecule has 2 N–H and O–H groups in total. The van der Waals surface area contributed by atoms with E-state index in [0.29, 0.717) is 23.3 Å². The van der Waals surface area contributed by atoms with Crippen LogP contribution in [0.25, 0.3) is 10.9 Å². The van der Waals surface area contributed by atoms with Crippen molar-refractivity contribution >= 4 is 34.0 Å². The van der Waals surface area contributed by atoms with Crippen molar-refractivity contribution in [3.8, 4) is 11.5 Å². The van der Waals surface area contributed by atoms with E-state index in [0.717, 1.165) is 27.8 Å². The van der Waals surface area contributed by atoms with Gasteiger partial charge in [-0.1, -0.05) is 18.2 Å². The lowest BCUT2D eigenvalue weighted by atomic mass is 10.1. The number of hydrogen-bond donors (Lipinski definition) is 2. The van der Waals surface area contributed by atoms with Gasteiger partial charge in [-0.3, -0.25) is 4.98 Å². The van der Waals surface area contributed by atoms with E-state index in [4.69, 9.17) is 9.47 Å². The number of nitrogens with one attached hydrogen (secondary N) is 2. The van der Waals surface area contributed by atoms with Gasteiger partial charge in [-0.25, -0.2) is 4.98 Å². The van der Waals surface area contributed by atoms with E-state index in [2.05, 4.69) is 25.6 Å². The van der Waals surface area contributed by atoms with E-state index >= 15 is 0 Å². The molecule has 0 aliphatic heterocycles. The van der Waals surface area contributed by atoms with Crippen LogP contribution in [0.3, 0.4) is 0 Å². The average Bonchev–Trinajstić information content (AvgIpc) is 2.75. The van der Waals surface area contributed by atoms with Crippen LogP contribution >= 0.6 is 0 Å². The summed E-state index contributed by atoms with van der Waals surface area (Å²) in [7, 11) is 3.22. The first-order valence-electron chi connectivity index (χ1n) is 9.11. The number of pyridine rings is 1. The van der Waals surface area contributed by atoms with Gasteiger partial charge in [0.25, 0.3) is 0 Å². The number of ether oxygens (including phenoxy) is 2. The zero-order valence-corrected chi connectivity index (χ0v) is 16.4. The van der Waals surface area contributed by atoms with E-state index in [-0.39, 0.29) is 0 Å². The SMILES string of the molecule is COc1cc(C)c(Nc2nccc(Nc3cnc4ccccc4c3)n2)cc1OC. The molecule has 7 nitrogen and oxygen atoms in total. The first-order valence-corrected chi connectivity index (χ1v) is 9.11. The molecule has 0 radical (unpaired) electrons. The van der Waals surface area contributed by atoms with Gasteiger partial charge in [0.1, 0.15) is 5.82 Å². The second kappa shape index (κ2) is 8.02. The van der Waals surface area contributed by atoms with Crippen molar-refractivity contribution in [2.45, 2.75) is 6.92 Å². The molecule has 0 saturated carbocycles. The molecule has 0 fully saturated rings. The van der Waals surface area contributed by atoms with Crippen molar-refractivity contribution < 1.29 is 9.47 Å². The molecule has 0 aliphatic rings. The van der Waals surface area contributed by atoms with Crippen LogP contribution in [-0.4, -0.2) is 29.2 Å². The molecule has 2 aromatic heterocycles. The van der Waals surface area contributed by atoms with Crippen LogP contribution in [0.5, 0.6) is 11.5 Å². The van der Waals surface area contributed by atoms with Gasteiger partial charge in [0, 0.05) is 23.3 Å². The fraction of sp³-hybridized carbons (Fsp3) is 0.136. The Labute approximate surface area is 168 Å². The van der Waals surface area contributed by atoms with E-state index in [1.54, 1.807) is 26.6 Å². The van der Waals surface area contributed by atoms with E-state index in [1.165, 1.54) is 0 Å². The minimum absolute atomic E-state index is 0.471. The van der Waals surface area contributed by atoms with Gasteiger partial charge in [-0.15, -0.1) is 0 Å². The molecule has 29 heavy (non-hydrogen) atoms. The highest BCUT2D eigenvalue weighted by atomic mass is 16.5. The number of benzene rings is 2. The summed E-state index contributed by atoms with van der Waals surface area (Å²) in [5.41, 5.74) is 3.64. The zero-order chi connectivity index (χ0) is 20.2. The number of anilines is 4. The molecule has 0 unspecified atom stereocenters. The van der Waals surface area contributed by atoms with Gasteiger partial charge >= 0.3 is 0 Å². The molecule has 146 valence electrons. The molecular weight excluding hydrogens is 366 g/mol. The van der Waals surface area contributed by atoms with Gasteiger partial charge in [-0.2, -0.15) is 4.98 Å². The van der Waals surface area contributed by atoms with Crippen LogP contribution < -0.4 is 20.1 Å². The van der Waals surface area contributed by atoms with Crippen molar-refractivity contribution in [3.05, 3.63) is 66.5 Å². The fourth-order valence-corrected chi connectivity index (χ4v) is 3.01. The van der Waals surface area contributed by atoms with Gasteiger partial charge in [0.2, 0.25) is 5.95 Å². The zero-order valence-electron chi connectivity index (χ0n) is 16.4. The largest absolute Gasteiger partial charge is 0.493 e. The quantitative estimate of drug-likeness (QED) is 0.490. The molecule has 0 amide bonds. The summed E-state index contributed by atoms with van der Waals surface area (Å²) in [6.45, 7) is 1.98. The highest BCUT2D eigenvalue weighted by Gasteiger charge is 2.10. The maximum absolute atomic E-state index is 5.38. The molecule has 0 atom stereocenters. The molecule has 0 bridgehead atoms. The molecular formula is C22H21N5O2. The summed E-state index contributed by atoms with van der Waals surface area (Å²) in [5, 5.41) is 7.58. The Balaban J connectivity index is 1.57. The summed E-state index contributed by atoms with van der Waals surface area (Å²) in [6.07, 6.45) is 3.48. The normalized spacial score (nSPS) is 10.6. The van der Waals surface area contributed by atoms with E-state index < -0.39 is 0 Å². The molecule has 0 saturated heterocycles. The summed E-state index contributed by atoms with van der Waals surface area (Å²) in [6, 6.07) is 15.6. The highest BCUT2D eigenvalue weighted by Crippen LogP contribution is 2.34. The number of aromatic nitrogens is 3. The molecule has 0 spiro atoms. The Bertz CT molecular complexity index is 1160. The second-order valence-electron chi connectivity index (χ2n) is 6.45. The Hall–Kier alpha value is -3.87. The van der Waals surface area contributed by atoms with Gasteiger partial charge in [0.05, 0.1) is 31.6 Å². The van der Waals surface area contributed by atoms with Gasteiger partial charge in [-0.05, 0) is 36.8 Å². The lowest BCUT2D eigenvalue weighted by Gasteiger charge is -2.14. The van der Waals surface area contributed by atoms with E-state index in [1.807, 2.05) is 55.5 Å². The molecule has 4 rings (SSSR count). The van der Waals surface area contributed by atoms with Crippen LogP contribution in [0.2, 0.25) is 0 Å². The smallest absolute Gasteiger partial charge is 0.229 e. The first kappa shape index (κ1) is 18.5. The van der Waals surface area contributed by atoms with Crippen LogP contribution in [0, 0.1) is 6.92 Å². The standard InChI is InChI=1S/C22H21N5O2/c1-14-10-19(28-2)20(29-3)12-18(14)26-22-23-9-8-21(27-22)25-16-11-15-6-4-5-7-17(15)24-13-16/h4-13H,1-3H3,(H2,23,25,26,27). The minimum Gasteiger partial charge on any atom is -0.493 e. The lowest BCUT2D eigenvalue weighted by molar-refractivity contribution is 0.355. The third-order valence-electron chi connectivity index (χ3n) is 4.50.